The van der Waals surface area contributed by atoms with Crippen LogP contribution in [-0.4, -0.2) is 16.0 Å². The van der Waals surface area contributed by atoms with Crippen molar-refractivity contribution in [3.05, 3.63) is 150 Å². The van der Waals surface area contributed by atoms with Crippen LogP contribution in [0.25, 0.3) is 27.4 Å². The van der Waals surface area contributed by atoms with Crippen molar-refractivity contribution in [1.82, 2.24) is 4.40 Å². The van der Waals surface area contributed by atoms with Crippen molar-refractivity contribution >= 4 is 27.9 Å². The normalized spacial score (nSPS) is 11.1. The van der Waals surface area contributed by atoms with Gasteiger partial charge in [-0.15, -0.1) is 0 Å². The molecule has 0 fully saturated rings. The Bertz CT molecular complexity index is 1700. The highest BCUT2D eigenvalue weighted by atomic mass is 16.1. The van der Waals surface area contributed by atoms with Crippen LogP contribution in [0.4, 0.5) is 0 Å². The van der Waals surface area contributed by atoms with E-state index < -0.39 is 0 Å². The fraction of sp³-hybridized carbons (Fsp3) is 0. The topological polar surface area (TPSA) is 38.5 Å². The fourth-order valence-electron chi connectivity index (χ4n) is 4.81. The lowest BCUT2D eigenvalue weighted by Gasteiger charge is -2.08. The highest BCUT2D eigenvalue weighted by molar-refractivity contribution is 6.25. The number of hydrogen-bond acceptors (Lipinski definition) is 2. The molecule has 2 heterocycles. The molecule has 0 radical (unpaired) electrons. The van der Waals surface area contributed by atoms with Crippen LogP contribution in [0, 0.1) is 0 Å². The molecule has 3 nitrogen and oxygen atoms in total. The van der Waals surface area contributed by atoms with Crippen LogP contribution in [0.3, 0.4) is 0 Å². The lowest BCUT2D eigenvalue weighted by molar-refractivity contribution is 0.103. The Hall–Kier alpha value is -4.76. The lowest BCUT2D eigenvalue weighted by atomic mass is 9.92. The SMILES string of the molecule is O=C(c1ccccc1)c1c(-c2ccccc2)c(C(=O)c2ccccc2)n2ccc3ccccc3c12. The molecule has 0 aliphatic rings. The van der Waals surface area contributed by atoms with Crippen LogP contribution in [0.2, 0.25) is 0 Å². The van der Waals surface area contributed by atoms with Crippen LogP contribution < -0.4 is 0 Å². The van der Waals surface area contributed by atoms with Crippen molar-refractivity contribution in [3.63, 3.8) is 0 Å². The number of aromatic nitrogens is 1. The first kappa shape index (κ1) is 20.8. The number of benzene rings is 4. The van der Waals surface area contributed by atoms with Gasteiger partial charge in [0.05, 0.1) is 11.1 Å². The molecule has 3 heteroatoms. The van der Waals surface area contributed by atoms with Gasteiger partial charge in [0, 0.05) is 28.3 Å². The van der Waals surface area contributed by atoms with Gasteiger partial charge < -0.3 is 4.40 Å². The Morgan fingerprint density at radius 3 is 1.74 bits per heavy atom. The van der Waals surface area contributed by atoms with Gasteiger partial charge in [-0.1, -0.05) is 115 Å². The van der Waals surface area contributed by atoms with E-state index in [9.17, 15) is 9.59 Å². The molecular weight excluding hydrogens is 430 g/mol. The third-order valence-corrected chi connectivity index (χ3v) is 6.40. The summed E-state index contributed by atoms with van der Waals surface area (Å²) in [6.07, 6.45) is 1.90. The molecule has 0 saturated heterocycles. The van der Waals surface area contributed by atoms with E-state index in [2.05, 4.69) is 0 Å². The predicted molar refractivity (Wildman–Crippen MR) is 140 cm³/mol. The monoisotopic (exact) mass is 451 g/mol. The quantitative estimate of drug-likeness (QED) is 0.260. The van der Waals surface area contributed by atoms with Crippen molar-refractivity contribution in [3.8, 4) is 11.1 Å². The predicted octanol–water partition coefficient (Wildman–Crippen LogP) is 7.22. The second-order valence-corrected chi connectivity index (χ2v) is 8.48. The standard InChI is InChI=1S/C32H21NO2/c34-31(24-15-6-2-7-16-24)28-27(23-13-4-1-5-14-23)30(32(35)25-17-8-3-9-18-25)33-21-20-22-12-10-11-19-26(22)29(28)33/h1-21H. The molecule has 6 aromatic rings. The highest BCUT2D eigenvalue weighted by Gasteiger charge is 2.30. The molecule has 0 aliphatic heterocycles. The second-order valence-electron chi connectivity index (χ2n) is 8.48. The molecule has 0 atom stereocenters. The van der Waals surface area contributed by atoms with Gasteiger partial charge in [-0.3, -0.25) is 9.59 Å². The van der Waals surface area contributed by atoms with E-state index in [1.807, 2.05) is 132 Å². The zero-order chi connectivity index (χ0) is 23.8. The van der Waals surface area contributed by atoms with E-state index in [4.69, 9.17) is 0 Å². The van der Waals surface area contributed by atoms with Crippen molar-refractivity contribution in [1.29, 1.82) is 0 Å². The molecular formula is C32H21NO2. The van der Waals surface area contributed by atoms with E-state index in [1.165, 1.54) is 0 Å². The smallest absolute Gasteiger partial charge is 0.210 e. The Morgan fingerprint density at radius 1 is 0.543 bits per heavy atom. The molecule has 0 spiro atoms. The average Bonchev–Trinajstić information content (AvgIpc) is 3.29. The third kappa shape index (κ3) is 3.46. The number of ketones is 2. The Balaban J connectivity index is 1.80. The van der Waals surface area contributed by atoms with Gasteiger partial charge in [-0.25, -0.2) is 0 Å². The lowest BCUT2D eigenvalue weighted by Crippen LogP contribution is -2.07. The van der Waals surface area contributed by atoms with Gasteiger partial charge in [-0.05, 0) is 17.0 Å². The summed E-state index contributed by atoms with van der Waals surface area (Å²) < 4.78 is 1.90. The van der Waals surface area contributed by atoms with Gasteiger partial charge in [0.2, 0.25) is 5.78 Å². The minimum atomic E-state index is -0.123. The summed E-state index contributed by atoms with van der Waals surface area (Å²) in [6.45, 7) is 0. The second kappa shape index (κ2) is 8.54. The van der Waals surface area contributed by atoms with Crippen LogP contribution in [0.1, 0.15) is 32.0 Å². The first-order valence-electron chi connectivity index (χ1n) is 11.5. The number of nitrogens with zero attached hydrogens (tertiary/aromatic N) is 1. The summed E-state index contributed by atoms with van der Waals surface area (Å²) in [7, 11) is 0. The minimum Gasteiger partial charge on any atom is -0.312 e. The van der Waals surface area contributed by atoms with Crippen molar-refractivity contribution in [2.75, 3.05) is 0 Å². The molecule has 0 bridgehead atoms. The summed E-state index contributed by atoms with van der Waals surface area (Å²) >= 11 is 0. The zero-order valence-electron chi connectivity index (χ0n) is 18.9. The maximum absolute atomic E-state index is 14.1. The van der Waals surface area contributed by atoms with Crippen LogP contribution in [0.15, 0.2) is 128 Å². The van der Waals surface area contributed by atoms with Gasteiger partial charge in [0.1, 0.15) is 5.69 Å². The first-order valence-corrected chi connectivity index (χ1v) is 11.5. The zero-order valence-corrected chi connectivity index (χ0v) is 18.9. The summed E-state index contributed by atoms with van der Waals surface area (Å²) in [4.78, 5) is 28.2. The number of carbonyl (C=O) groups is 2. The summed E-state index contributed by atoms with van der Waals surface area (Å²) in [5, 5.41) is 1.94. The van der Waals surface area contributed by atoms with Crippen molar-refractivity contribution < 1.29 is 9.59 Å². The van der Waals surface area contributed by atoms with E-state index in [0.29, 0.717) is 27.9 Å². The van der Waals surface area contributed by atoms with Crippen LogP contribution in [0.5, 0.6) is 0 Å². The van der Waals surface area contributed by atoms with Crippen LogP contribution >= 0.6 is 0 Å². The van der Waals surface area contributed by atoms with Gasteiger partial charge in [0.25, 0.3) is 0 Å². The number of carbonyl (C=O) groups excluding carboxylic acids is 2. The van der Waals surface area contributed by atoms with Gasteiger partial charge in [-0.2, -0.15) is 0 Å². The van der Waals surface area contributed by atoms with Gasteiger partial charge in [0.15, 0.2) is 5.78 Å². The molecule has 6 rings (SSSR count). The molecule has 166 valence electrons. The van der Waals surface area contributed by atoms with Crippen molar-refractivity contribution in [2.24, 2.45) is 0 Å². The molecule has 35 heavy (non-hydrogen) atoms. The first-order chi connectivity index (χ1) is 17.2. The van der Waals surface area contributed by atoms with Gasteiger partial charge >= 0.3 is 0 Å². The Kier molecular flexibility index (Phi) is 5.08. The maximum atomic E-state index is 14.1. The largest absolute Gasteiger partial charge is 0.312 e. The van der Waals surface area contributed by atoms with Crippen molar-refractivity contribution in [2.45, 2.75) is 0 Å². The highest BCUT2D eigenvalue weighted by Crippen LogP contribution is 2.39. The maximum Gasteiger partial charge on any atom is 0.210 e. The third-order valence-electron chi connectivity index (χ3n) is 6.40. The number of hydrogen-bond donors (Lipinski definition) is 0. The summed E-state index contributed by atoms with van der Waals surface area (Å²) in [5.41, 5.74) is 4.43. The molecule has 0 aliphatic carbocycles. The molecule has 4 aromatic carbocycles. The van der Waals surface area contributed by atoms with E-state index in [1.54, 1.807) is 0 Å². The fourth-order valence-corrected chi connectivity index (χ4v) is 4.81. The molecule has 0 saturated carbocycles. The van der Waals surface area contributed by atoms with E-state index in [0.717, 1.165) is 21.9 Å². The molecule has 0 N–H and O–H groups in total. The average molecular weight is 452 g/mol. The molecule has 0 amide bonds. The Labute approximate surface area is 202 Å². The van der Waals surface area contributed by atoms with Crippen LogP contribution in [-0.2, 0) is 0 Å². The molecule has 2 aromatic heterocycles. The summed E-state index contributed by atoms with van der Waals surface area (Å²) in [5.74, 6) is -0.229. The Morgan fingerprint density at radius 2 is 1.09 bits per heavy atom. The number of rotatable bonds is 5. The summed E-state index contributed by atoms with van der Waals surface area (Å²) in [6, 6.07) is 38.2. The number of fused-ring (bicyclic) bond motifs is 3. The molecule has 0 unspecified atom stereocenters. The minimum absolute atomic E-state index is 0.106. The number of pyridine rings is 1. The van der Waals surface area contributed by atoms with E-state index in [-0.39, 0.29) is 11.6 Å². The van der Waals surface area contributed by atoms with E-state index >= 15 is 0 Å².